The van der Waals surface area contributed by atoms with Crippen LogP contribution in [-0.2, 0) is 4.79 Å². The van der Waals surface area contributed by atoms with Crippen molar-refractivity contribution in [1.82, 2.24) is 9.88 Å². The van der Waals surface area contributed by atoms with Gasteiger partial charge in [0.05, 0.1) is 4.92 Å². The zero-order valence-electron chi connectivity index (χ0n) is 11.5. The summed E-state index contributed by atoms with van der Waals surface area (Å²) in [5.41, 5.74) is 0.633. The molecule has 20 heavy (non-hydrogen) atoms. The van der Waals surface area contributed by atoms with Crippen molar-refractivity contribution in [2.24, 2.45) is 0 Å². The summed E-state index contributed by atoms with van der Waals surface area (Å²) in [6, 6.07) is 3.02. The van der Waals surface area contributed by atoms with Crippen LogP contribution >= 0.6 is 0 Å². The number of carbonyl (C=O) groups is 1. The first-order chi connectivity index (χ1) is 9.58. The Morgan fingerprint density at radius 1 is 1.45 bits per heavy atom. The summed E-state index contributed by atoms with van der Waals surface area (Å²) in [6.07, 6.45) is 2.45. The molecule has 0 saturated carbocycles. The molecule has 7 heteroatoms. The maximum atomic E-state index is 11.9. The lowest BCUT2D eigenvalue weighted by Gasteiger charge is -2.15. The predicted molar refractivity (Wildman–Crippen MR) is 74.5 cm³/mol. The SMILES string of the molecule is Cc1ccc([N+](=O)[O-])c(NCCC(=O)N2CCCC2)n1. The summed E-state index contributed by atoms with van der Waals surface area (Å²) < 4.78 is 0. The standard InChI is InChI=1S/C13H18N4O3/c1-10-4-5-11(17(19)20)13(15-10)14-7-6-12(18)16-8-2-3-9-16/h4-5H,2-3,6-9H2,1H3,(H,14,15). The monoisotopic (exact) mass is 278 g/mol. The van der Waals surface area contributed by atoms with E-state index >= 15 is 0 Å². The highest BCUT2D eigenvalue weighted by Crippen LogP contribution is 2.21. The van der Waals surface area contributed by atoms with Gasteiger partial charge in [0, 0.05) is 37.8 Å². The van der Waals surface area contributed by atoms with Gasteiger partial charge in [-0.25, -0.2) is 4.98 Å². The molecule has 0 aliphatic carbocycles. The summed E-state index contributed by atoms with van der Waals surface area (Å²) in [4.78, 5) is 28.2. The molecule has 1 aliphatic heterocycles. The molecule has 0 aromatic carbocycles. The highest BCUT2D eigenvalue weighted by Gasteiger charge is 2.18. The molecule has 1 aromatic rings. The second kappa shape index (κ2) is 6.31. The molecule has 0 atom stereocenters. The summed E-state index contributed by atoms with van der Waals surface area (Å²) in [6.45, 7) is 3.76. The Bertz CT molecular complexity index is 512. The molecule has 0 spiro atoms. The molecule has 0 unspecified atom stereocenters. The van der Waals surface area contributed by atoms with E-state index in [4.69, 9.17) is 0 Å². The minimum Gasteiger partial charge on any atom is -0.364 e. The molecule has 0 radical (unpaired) electrons. The van der Waals surface area contributed by atoms with E-state index in [9.17, 15) is 14.9 Å². The molecular formula is C13H18N4O3. The number of anilines is 1. The number of carbonyl (C=O) groups excluding carboxylic acids is 1. The third-order valence-electron chi connectivity index (χ3n) is 3.30. The lowest BCUT2D eigenvalue weighted by molar-refractivity contribution is -0.384. The van der Waals surface area contributed by atoms with Crippen molar-refractivity contribution >= 4 is 17.4 Å². The second-order valence-corrected chi connectivity index (χ2v) is 4.84. The van der Waals surface area contributed by atoms with E-state index in [2.05, 4.69) is 10.3 Å². The van der Waals surface area contributed by atoms with Crippen molar-refractivity contribution in [3.8, 4) is 0 Å². The Hall–Kier alpha value is -2.18. The van der Waals surface area contributed by atoms with Crippen LogP contribution in [-0.4, -0.2) is 40.3 Å². The highest BCUT2D eigenvalue weighted by atomic mass is 16.6. The second-order valence-electron chi connectivity index (χ2n) is 4.84. The van der Waals surface area contributed by atoms with Crippen LogP contribution in [0.3, 0.4) is 0 Å². The third kappa shape index (κ3) is 3.43. The molecule has 0 bridgehead atoms. The lowest BCUT2D eigenvalue weighted by Crippen LogP contribution is -2.29. The van der Waals surface area contributed by atoms with E-state index in [0.717, 1.165) is 25.9 Å². The fraction of sp³-hybridized carbons (Fsp3) is 0.538. The zero-order valence-corrected chi connectivity index (χ0v) is 11.5. The number of likely N-dealkylation sites (tertiary alicyclic amines) is 1. The number of hydrogen-bond donors (Lipinski definition) is 1. The van der Waals surface area contributed by atoms with Crippen LogP contribution in [0.1, 0.15) is 25.0 Å². The smallest absolute Gasteiger partial charge is 0.311 e. The van der Waals surface area contributed by atoms with Gasteiger partial charge in [0.15, 0.2) is 0 Å². The van der Waals surface area contributed by atoms with Crippen molar-refractivity contribution in [2.75, 3.05) is 25.0 Å². The highest BCUT2D eigenvalue weighted by molar-refractivity contribution is 5.77. The average molecular weight is 278 g/mol. The first kappa shape index (κ1) is 14.2. The van der Waals surface area contributed by atoms with Crippen LogP contribution in [0.15, 0.2) is 12.1 Å². The van der Waals surface area contributed by atoms with Gasteiger partial charge in [-0.15, -0.1) is 0 Å². The van der Waals surface area contributed by atoms with Gasteiger partial charge in [-0.1, -0.05) is 0 Å². The Labute approximate surface area is 117 Å². The van der Waals surface area contributed by atoms with Gasteiger partial charge in [-0.2, -0.15) is 0 Å². The number of aromatic nitrogens is 1. The summed E-state index contributed by atoms with van der Waals surface area (Å²) >= 11 is 0. The number of rotatable bonds is 5. The van der Waals surface area contributed by atoms with Crippen molar-refractivity contribution < 1.29 is 9.72 Å². The van der Waals surface area contributed by atoms with Crippen molar-refractivity contribution in [2.45, 2.75) is 26.2 Å². The first-order valence-electron chi connectivity index (χ1n) is 6.71. The number of pyridine rings is 1. The molecule has 2 rings (SSSR count). The number of nitro groups is 1. The summed E-state index contributed by atoms with van der Waals surface area (Å²) in [5, 5.41) is 13.8. The van der Waals surface area contributed by atoms with E-state index in [1.807, 2.05) is 4.90 Å². The van der Waals surface area contributed by atoms with Gasteiger partial charge >= 0.3 is 5.69 Å². The molecule has 1 amide bonds. The summed E-state index contributed by atoms with van der Waals surface area (Å²) in [7, 11) is 0. The van der Waals surface area contributed by atoms with Crippen molar-refractivity contribution in [3.63, 3.8) is 0 Å². The van der Waals surface area contributed by atoms with Gasteiger partial charge in [0.2, 0.25) is 11.7 Å². The van der Waals surface area contributed by atoms with Crippen LogP contribution in [0.2, 0.25) is 0 Å². The Morgan fingerprint density at radius 3 is 2.80 bits per heavy atom. The topological polar surface area (TPSA) is 88.4 Å². The maximum Gasteiger partial charge on any atom is 0.311 e. The number of amides is 1. The van der Waals surface area contributed by atoms with Crippen LogP contribution in [0.4, 0.5) is 11.5 Å². The molecule has 1 N–H and O–H groups in total. The maximum absolute atomic E-state index is 11.9. The number of nitrogens with zero attached hydrogens (tertiary/aromatic N) is 3. The molecular weight excluding hydrogens is 260 g/mol. The molecule has 1 aliphatic rings. The van der Waals surface area contributed by atoms with Gasteiger partial charge in [-0.3, -0.25) is 14.9 Å². The minimum atomic E-state index is -0.475. The zero-order chi connectivity index (χ0) is 14.5. The Kier molecular flexibility index (Phi) is 4.49. The van der Waals surface area contributed by atoms with Gasteiger partial charge in [0.25, 0.3) is 0 Å². The van der Waals surface area contributed by atoms with Gasteiger partial charge in [-0.05, 0) is 25.8 Å². The molecule has 1 saturated heterocycles. The van der Waals surface area contributed by atoms with Gasteiger partial charge < -0.3 is 10.2 Å². The molecule has 108 valence electrons. The van der Waals surface area contributed by atoms with E-state index in [0.29, 0.717) is 18.7 Å². The van der Waals surface area contributed by atoms with Gasteiger partial charge in [0.1, 0.15) is 0 Å². The fourth-order valence-electron chi connectivity index (χ4n) is 2.24. The molecule has 2 heterocycles. The number of nitrogens with one attached hydrogen (secondary N) is 1. The lowest BCUT2D eigenvalue weighted by atomic mass is 10.3. The molecule has 1 aromatic heterocycles. The van der Waals surface area contributed by atoms with Crippen molar-refractivity contribution in [3.05, 3.63) is 27.9 Å². The third-order valence-corrected chi connectivity index (χ3v) is 3.30. The molecule has 7 nitrogen and oxygen atoms in total. The average Bonchev–Trinajstić information content (AvgIpc) is 2.92. The minimum absolute atomic E-state index is 0.0655. The quantitative estimate of drug-likeness (QED) is 0.654. The van der Waals surface area contributed by atoms with Crippen LogP contribution in [0.25, 0.3) is 0 Å². The molecule has 1 fully saturated rings. The van der Waals surface area contributed by atoms with E-state index in [1.165, 1.54) is 6.07 Å². The van der Waals surface area contributed by atoms with Crippen LogP contribution in [0.5, 0.6) is 0 Å². The summed E-state index contributed by atoms with van der Waals surface area (Å²) in [5.74, 6) is 0.314. The first-order valence-corrected chi connectivity index (χ1v) is 6.71. The number of aryl methyl sites for hydroxylation is 1. The number of hydrogen-bond acceptors (Lipinski definition) is 5. The largest absolute Gasteiger partial charge is 0.364 e. The van der Waals surface area contributed by atoms with E-state index in [-0.39, 0.29) is 17.4 Å². The predicted octanol–water partition coefficient (Wildman–Crippen LogP) is 1.72. The van der Waals surface area contributed by atoms with Crippen molar-refractivity contribution in [1.29, 1.82) is 0 Å². The fourth-order valence-corrected chi connectivity index (χ4v) is 2.24. The van der Waals surface area contributed by atoms with E-state index in [1.54, 1.807) is 13.0 Å². The normalized spacial score (nSPS) is 14.3. The van der Waals surface area contributed by atoms with Crippen LogP contribution in [0, 0.1) is 17.0 Å². The van der Waals surface area contributed by atoms with E-state index < -0.39 is 4.92 Å². The Morgan fingerprint density at radius 2 is 2.15 bits per heavy atom. The van der Waals surface area contributed by atoms with Crippen LogP contribution < -0.4 is 5.32 Å². The Balaban J connectivity index is 1.91.